The van der Waals surface area contributed by atoms with Gasteiger partial charge in [-0.15, -0.1) is 0 Å². The lowest BCUT2D eigenvalue weighted by Crippen LogP contribution is -2.50. The van der Waals surface area contributed by atoms with Crippen molar-refractivity contribution >= 4 is 16.9 Å². The molecule has 0 unspecified atom stereocenters. The molecule has 7 nitrogen and oxygen atoms in total. The number of carbonyl (C=O) groups is 1. The molecular weight excluding hydrogens is 340 g/mol. The summed E-state index contributed by atoms with van der Waals surface area (Å²) in [6.07, 6.45) is 0.601. The van der Waals surface area contributed by atoms with Gasteiger partial charge in [-0.05, 0) is 38.1 Å². The third kappa shape index (κ3) is 2.84. The van der Waals surface area contributed by atoms with Gasteiger partial charge in [0.25, 0.3) is 0 Å². The average Bonchev–Trinajstić information content (AvgIpc) is 2.91. The lowest BCUT2D eigenvalue weighted by atomic mass is 9.91. The normalized spacial score (nSPS) is 24.1. The van der Waals surface area contributed by atoms with E-state index in [4.69, 9.17) is 18.6 Å². The zero-order valence-electron chi connectivity index (χ0n) is 14.4. The number of hydrogen-bond acceptors (Lipinski definition) is 7. The zero-order chi connectivity index (χ0) is 18.5. The molecule has 136 valence electrons. The van der Waals surface area contributed by atoms with E-state index < -0.39 is 23.4 Å². The molecule has 1 aromatic heterocycles. The third-order valence-electron chi connectivity index (χ3n) is 4.68. The summed E-state index contributed by atoms with van der Waals surface area (Å²) in [5, 5.41) is 11.6. The topological polar surface area (TPSA) is 95.2 Å². The maximum Gasteiger partial charge on any atom is 0.336 e. The zero-order valence-corrected chi connectivity index (χ0v) is 14.4. The number of rotatable bonds is 3. The Balaban J connectivity index is 1.62. The molecule has 7 heteroatoms. The molecule has 3 heterocycles. The van der Waals surface area contributed by atoms with Crippen molar-refractivity contribution in [2.45, 2.75) is 38.1 Å². The van der Waals surface area contributed by atoms with E-state index in [1.54, 1.807) is 38.1 Å². The van der Waals surface area contributed by atoms with Gasteiger partial charge in [-0.3, -0.25) is 0 Å². The molecule has 0 saturated carbocycles. The van der Waals surface area contributed by atoms with Crippen molar-refractivity contribution in [1.29, 1.82) is 0 Å². The Labute approximate surface area is 148 Å². The summed E-state index contributed by atoms with van der Waals surface area (Å²) in [5.74, 6) is 0.346. The molecule has 2 aromatic rings. The van der Waals surface area contributed by atoms with Gasteiger partial charge in [0.05, 0.1) is 0 Å². The minimum absolute atomic E-state index is 0.117. The number of hydrogen-bond donors (Lipinski definition) is 1. The Morgan fingerprint density at radius 3 is 2.69 bits per heavy atom. The van der Waals surface area contributed by atoms with E-state index in [0.717, 1.165) is 0 Å². The van der Waals surface area contributed by atoms with Gasteiger partial charge >= 0.3 is 11.6 Å². The molecule has 2 aliphatic heterocycles. The van der Waals surface area contributed by atoms with Crippen LogP contribution < -0.4 is 15.1 Å². The summed E-state index contributed by atoms with van der Waals surface area (Å²) in [5.41, 5.74) is -1.04. The standard InChI is InChI=1S/C19H18O7/c1-10-7-12(24-18(10)21)8-19(2,22)14-9-23-13-5-3-11-4-6-15(20)26-16(11)17(13)25-14/h3-7,12,14,22H,8-9H2,1-2H3/t12-,14+,19+/m0/s1. The van der Waals surface area contributed by atoms with E-state index in [2.05, 4.69) is 0 Å². The monoisotopic (exact) mass is 358 g/mol. The van der Waals surface area contributed by atoms with Crippen LogP contribution >= 0.6 is 0 Å². The van der Waals surface area contributed by atoms with Gasteiger partial charge in [0.15, 0.2) is 17.4 Å². The maximum atomic E-state index is 11.6. The summed E-state index contributed by atoms with van der Waals surface area (Å²) < 4.78 is 22.1. The summed E-state index contributed by atoms with van der Waals surface area (Å²) in [6, 6.07) is 6.46. The van der Waals surface area contributed by atoms with Gasteiger partial charge < -0.3 is 23.7 Å². The van der Waals surface area contributed by atoms with Crippen LogP contribution in [-0.2, 0) is 9.53 Å². The van der Waals surface area contributed by atoms with Gasteiger partial charge in [-0.25, -0.2) is 9.59 Å². The van der Waals surface area contributed by atoms with Gasteiger partial charge in [0.1, 0.15) is 18.3 Å². The quantitative estimate of drug-likeness (QED) is 0.662. The lowest BCUT2D eigenvalue weighted by molar-refractivity contribution is -0.144. The van der Waals surface area contributed by atoms with Crippen LogP contribution in [0.4, 0.5) is 0 Å². The van der Waals surface area contributed by atoms with E-state index in [0.29, 0.717) is 16.7 Å². The molecule has 2 aliphatic rings. The van der Waals surface area contributed by atoms with Crippen LogP contribution in [0.1, 0.15) is 20.3 Å². The molecule has 0 radical (unpaired) electrons. The minimum atomic E-state index is -1.33. The number of esters is 1. The summed E-state index contributed by atoms with van der Waals surface area (Å²) >= 11 is 0. The van der Waals surface area contributed by atoms with Crippen LogP contribution in [0.15, 0.2) is 45.1 Å². The maximum absolute atomic E-state index is 11.6. The predicted octanol–water partition coefficient (Wildman–Crippen LogP) is 1.95. The SMILES string of the molecule is CC1=C[C@@H](C[C@@](C)(O)[C@H]2COc3ccc4ccc(=O)oc4c3O2)OC1=O. The molecule has 0 spiro atoms. The van der Waals surface area contributed by atoms with Gasteiger partial charge in [-0.1, -0.05) is 0 Å². The summed E-state index contributed by atoms with van der Waals surface area (Å²) in [4.78, 5) is 23.1. The number of benzene rings is 1. The van der Waals surface area contributed by atoms with E-state index in [9.17, 15) is 14.7 Å². The summed E-state index contributed by atoms with van der Waals surface area (Å²) in [7, 11) is 0. The number of fused-ring (bicyclic) bond motifs is 3. The highest BCUT2D eigenvalue weighted by atomic mass is 16.6. The molecule has 0 bridgehead atoms. The third-order valence-corrected chi connectivity index (χ3v) is 4.68. The first-order valence-electron chi connectivity index (χ1n) is 8.31. The van der Waals surface area contributed by atoms with E-state index in [1.807, 2.05) is 0 Å². The van der Waals surface area contributed by atoms with Crippen LogP contribution in [0.5, 0.6) is 11.5 Å². The second-order valence-corrected chi connectivity index (χ2v) is 6.84. The minimum Gasteiger partial charge on any atom is -0.486 e. The number of aliphatic hydroxyl groups is 1. The predicted molar refractivity (Wildman–Crippen MR) is 91.3 cm³/mol. The van der Waals surface area contributed by atoms with E-state index >= 15 is 0 Å². The number of cyclic esters (lactones) is 1. The molecule has 4 rings (SSSR count). The number of ether oxygens (including phenoxy) is 3. The first-order chi connectivity index (χ1) is 12.3. The van der Waals surface area contributed by atoms with Crippen LogP contribution in [0, 0.1) is 0 Å². The molecule has 0 fully saturated rings. The average molecular weight is 358 g/mol. The fraction of sp³-hybridized carbons (Fsp3) is 0.368. The Kier molecular flexibility index (Phi) is 3.77. The van der Waals surface area contributed by atoms with Crippen molar-refractivity contribution in [3.8, 4) is 11.5 Å². The largest absolute Gasteiger partial charge is 0.486 e. The molecule has 1 N–H and O–H groups in total. The molecule has 1 aromatic carbocycles. The van der Waals surface area contributed by atoms with Crippen molar-refractivity contribution in [2.24, 2.45) is 0 Å². The van der Waals surface area contributed by atoms with E-state index in [1.165, 1.54) is 6.07 Å². The molecule has 26 heavy (non-hydrogen) atoms. The Hall–Kier alpha value is -2.80. The van der Waals surface area contributed by atoms with Crippen LogP contribution in [0.2, 0.25) is 0 Å². The van der Waals surface area contributed by atoms with Crippen LogP contribution in [0.3, 0.4) is 0 Å². The van der Waals surface area contributed by atoms with Crippen molar-refractivity contribution in [3.05, 3.63) is 46.3 Å². The molecule has 0 aliphatic carbocycles. The second kappa shape index (κ2) is 5.88. The lowest BCUT2D eigenvalue weighted by Gasteiger charge is -2.37. The molecule has 0 saturated heterocycles. The first-order valence-corrected chi connectivity index (χ1v) is 8.31. The van der Waals surface area contributed by atoms with Gasteiger partial charge in [0, 0.05) is 23.4 Å². The Morgan fingerprint density at radius 2 is 1.96 bits per heavy atom. The van der Waals surface area contributed by atoms with Gasteiger partial charge in [0.2, 0.25) is 5.75 Å². The fourth-order valence-electron chi connectivity index (χ4n) is 3.21. The smallest absolute Gasteiger partial charge is 0.336 e. The highest BCUT2D eigenvalue weighted by Crippen LogP contribution is 2.40. The molecular formula is C19H18O7. The number of carbonyl (C=O) groups excluding carboxylic acids is 1. The van der Waals surface area contributed by atoms with Crippen molar-refractivity contribution in [2.75, 3.05) is 6.61 Å². The Morgan fingerprint density at radius 1 is 1.19 bits per heavy atom. The molecule has 3 atom stereocenters. The second-order valence-electron chi connectivity index (χ2n) is 6.84. The highest BCUT2D eigenvalue weighted by Gasteiger charge is 2.41. The highest BCUT2D eigenvalue weighted by molar-refractivity contribution is 5.90. The first kappa shape index (κ1) is 16.7. The molecule has 0 amide bonds. The Bertz CT molecular complexity index is 970. The van der Waals surface area contributed by atoms with Crippen LogP contribution in [0.25, 0.3) is 11.0 Å². The van der Waals surface area contributed by atoms with Crippen molar-refractivity contribution in [1.82, 2.24) is 0 Å². The van der Waals surface area contributed by atoms with Crippen LogP contribution in [-0.4, -0.2) is 35.5 Å². The fourth-order valence-corrected chi connectivity index (χ4v) is 3.21. The van der Waals surface area contributed by atoms with E-state index in [-0.39, 0.29) is 30.3 Å². The van der Waals surface area contributed by atoms with Gasteiger partial charge in [-0.2, -0.15) is 0 Å². The summed E-state index contributed by atoms with van der Waals surface area (Å²) in [6.45, 7) is 3.39. The van der Waals surface area contributed by atoms with Crippen molar-refractivity contribution in [3.63, 3.8) is 0 Å². The van der Waals surface area contributed by atoms with Crippen molar-refractivity contribution < 1.29 is 28.5 Å².